The van der Waals surface area contributed by atoms with Gasteiger partial charge >= 0.3 is 10.1 Å². The van der Waals surface area contributed by atoms with E-state index >= 15 is 0 Å². The molecule has 0 saturated heterocycles. The van der Waals surface area contributed by atoms with Crippen molar-refractivity contribution in [2.24, 2.45) is 5.10 Å². The lowest BCUT2D eigenvalue weighted by atomic mass is 10.2. The van der Waals surface area contributed by atoms with Crippen LogP contribution in [0.1, 0.15) is 15.9 Å². The minimum atomic E-state index is -3.98. The van der Waals surface area contributed by atoms with Gasteiger partial charge < -0.3 is 4.18 Å². The molecule has 1 N–H and O–H groups in total. The van der Waals surface area contributed by atoms with Crippen LogP contribution >= 0.6 is 0 Å². The Balaban J connectivity index is 1.75. The molecule has 0 aliphatic heterocycles. The molecule has 1 heterocycles. The molecular weight excluding hydrogens is 366 g/mol. The predicted octanol–water partition coefficient (Wildman–Crippen LogP) is 2.61. The normalized spacial score (nSPS) is 11.3. The SMILES string of the molecule is O=C(N/N=C/c1ccccc1OS(=O)(=O)c1ccccc1)c1ccncc1. The van der Waals surface area contributed by atoms with E-state index < -0.39 is 16.0 Å². The third-order valence-electron chi connectivity index (χ3n) is 3.46. The van der Waals surface area contributed by atoms with Crippen LogP contribution in [-0.4, -0.2) is 25.5 Å². The van der Waals surface area contributed by atoms with Crippen molar-refractivity contribution in [1.82, 2.24) is 10.4 Å². The number of rotatable bonds is 6. The lowest BCUT2D eigenvalue weighted by molar-refractivity contribution is 0.0955. The van der Waals surface area contributed by atoms with Crippen LogP contribution in [0, 0.1) is 0 Å². The van der Waals surface area contributed by atoms with Crippen molar-refractivity contribution >= 4 is 22.2 Å². The summed E-state index contributed by atoms with van der Waals surface area (Å²) >= 11 is 0. The van der Waals surface area contributed by atoms with Crippen LogP contribution in [0.15, 0.2) is 89.1 Å². The summed E-state index contributed by atoms with van der Waals surface area (Å²) < 4.78 is 30.0. The average Bonchev–Trinajstić information content (AvgIpc) is 2.70. The maximum atomic E-state index is 12.4. The summed E-state index contributed by atoms with van der Waals surface area (Å²) in [6.45, 7) is 0. The molecule has 7 nitrogen and oxygen atoms in total. The number of carbonyl (C=O) groups excluding carboxylic acids is 1. The number of aromatic nitrogens is 1. The van der Waals surface area contributed by atoms with Crippen LogP contribution in [-0.2, 0) is 10.1 Å². The fourth-order valence-corrected chi connectivity index (χ4v) is 3.12. The zero-order chi connectivity index (χ0) is 19.1. The molecular formula is C19H15N3O4S. The van der Waals surface area contributed by atoms with Crippen molar-refractivity contribution in [3.05, 3.63) is 90.3 Å². The Morgan fingerprint density at radius 2 is 1.63 bits per heavy atom. The molecule has 0 atom stereocenters. The number of hydrazone groups is 1. The van der Waals surface area contributed by atoms with E-state index in [9.17, 15) is 13.2 Å². The Labute approximate surface area is 156 Å². The second-order valence-corrected chi connectivity index (χ2v) is 6.87. The van der Waals surface area contributed by atoms with Gasteiger partial charge in [0, 0.05) is 23.5 Å². The molecule has 0 fully saturated rings. The highest BCUT2D eigenvalue weighted by Crippen LogP contribution is 2.21. The molecule has 0 bridgehead atoms. The molecule has 2 aromatic carbocycles. The number of para-hydroxylation sites is 1. The fourth-order valence-electron chi connectivity index (χ4n) is 2.14. The monoisotopic (exact) mass is 381 g/mol. The number of benzene rings is 2. The van der Waals surface area contributed by atoms with Crippen molar-refractivity contribution in [2.75, 3.05) is 0 Å². The summed E-state index contributed by atoms with van der Waals surface area (Å²) in [7, 11) is -3.98. The summed E-state index contributed by atoms with van der Waals surface area (Å²) in [5.74, 6) is -0.313. The molecule has 0 saturated carbocycles. The zero-order valence-electron chi connectivity index (χ0n) is 14.0. The van der Waals surface area contributed by atoms with Crippen LogP contribution in [0.5, 0.6) is 5.75 Å². The van der Waals surface area contributed by atoms with Gasteiger partial charge in [-0.05, 0) is 36.4 Å². The average molecular weight is 381 g/mol. The molecule has 0 aliphatic rings. The number of amides is 1. The third-order valence-corrected chi connectivity index (χ3v) is 4.71. The number of carbonyl (C=O) groups is 1. The zero-order valence-corrected chi connectivity index (χ0v) is 14.8. The van der Waals surface area contributed by atoms with Crippen molar-refractivity contribution < 1.29 is 17.4 Å². The highest BCUT2D eigenvalue weighted by atomic mass is 32.2. The van der Waals surface area contributed by atoms with Gasteiger partial charge in [0.25, 0.3) is 5.91 Å². The lowest BCUT2D eigenvalue weighted by Crippen LogP contribution is -2.17. The van der Waals surface area contributed by atoms with Gasteiger partial charge in [0.2, 0.25) is 0 Å². The first kappa shape index (κ1) is 18.3. The quantitative estimate of drug-likeness (QED) is 0.402. The molecule has 0 spiro atoms. The standard InChI is InChI=1S/C19H15N3O4S/c23-19(15-10-12-20-13-11-15)22-21-14-16-6-4-5-9-18(16)26-27(24,25)17-7-2-1-3-8-17/h1-14H,(H,22,23)/b21-14+. The van der Waals surface area contributed by atoms with Crippen LogP contribution < -0.4 is 9.61 Å². The number of hydrogen-bond acceptors (Lipinski definition) is 6. The summed E-state index contributed by atoms with van der Waals surface area (Å²) in [5, 5.41) is 3.86. The summed E-state index contributed by atoms with van der Waals surface area (Å²) in [6.07, 6.45) is 4.31. The molecule has 27 heavy (non-hydrogen) atoms. The van der Waals surface area contributed by atoms with E-state index in [-0.39, 0.29) is 10.6 Å². The number of nitrogens with one attached hydrogen (secondary N) is 1. The smallest absolute Gasteiger partial charge is 0.339 e. The van der Waals surface area contributed by atoms with E-state index in [1.165, 1.54) is 36.8 Å². The molecule has 1 aromatic heterocycles. The number of nitrogens with zero attached hydrogens (tertiary/aromatic N) is 2. The highest BCUT2D eigenvalue weighted by Gasteiger charge is 2.17. The second kappa shape index (κ2) is 8.24. The van der Waals surface area contributed by atoms with Gasteiger partial charge in [0.1, 0.15) is 4.90 Å². The van der Waals surface area contributed by atoms with Crippen LogP contribution in [0.3, 0.4) is 0 Å². The first-order valence-corrected chi connectivity index (χ1v) is 9.29. The summed E-state index contributed by atoms with van der Waals surface area (Å²) in [5.41, 5.74) is 3.16. The largest absolute Gasteiger partial charge is 0.378 e. The van der Waals surface area contributed by atoms with Gasteiger partial charge in [0.15, 0.2) is 5.75 Å². The number of pyridine rings is 1. The van der Waals surface area contributed by atoms with Crippen LogP contribution in [0.2, 0.25) is 0 Å². The minimum Gasteiger partial charge on any atom is -0.378 e. The summed E-state index contributed by atoms with van der Waals surface area (Å²) in [6, 6.07) is 17.4. The minimum absolute atomic E-state index is 0.0442. The van der Waals surface area contributed by atoms with Gasteiger partial charge in [0.05, 0.1) is 6.21 Å². The first-order valence-electron chi connectivity index (χ1n) is 7.88. The van der Waals surface area contributed by atoms with Gasteiger partial charge in [-0.2, -0.15) is 13.5 Å². The fraction of sp³-hybridized carbons (Fsp3) is 0. The Bertz CT molecular complexity index is 1050. The van der Waals surface area contributed by atoms with Crippen LogP contribution in [0.25, 0.3) is 0 Å². The Morgan fingerprint density at radius 1 is 0.963 bits per heavy atom. The molecule has 8 heteroatoms. The maximum Gasteiger partial charge on any atom is 0.339 e. The van der Waals surface area contributed by atoms with E-state index in [4.69, 9.17) is 4.18 Å². The van der Waals surface area contributed by atoms with E-state index in [2.05, 4.69) is 15.5 Å². The van der Waals surface area contributed by atoms with E-state index in [1.807, 2.05) is 0 Å². The topological polar surface area (TPSA) is 97.7 Å². The molecule has 1 amide bonds. The number of hydrogen-bond donors (Lipinski definition) is 1. The van der Waals surface area contributed by atoms with Crippen LogP contribution in [0.4, 0.5) is 0 Å². The predicted molar refractivity (Wildman–Crippen MR) is 100.0 cm³/mol. The highest BCUT2D eigenvalue weighted by molar-refractivity contribution is 7.87. The van der Waals surface area contributed by atoms with Crippen molar-refractivity contribution in [2.45, 2.75) is 4.90 Å². The second-order valence-electron chi connectivity index (χ2n) is 5.32. The van der Waals surface area contributed by atoms with Gasteiger partial charge in [-0.15, -0.1) is 0 Å². The Hall–Kier alpha value is -3.52. The third kappa shape index (κ3) is 4.77. The first-order chi connectivity index (χ1) is 13.1. The van der Waals surface area contributed by atoms with Gasteiger partial charge in [-0.3, -0.25) is 9.78 Å². The molecule has 136 valence electrons. The van der Waals surface area contributed by atoms with E-state index in [1.54, 1.807) is 48.5 Å². The van der Waals surface area contributed by atoms with Crippen molar-refractivity contribution in [3.63, 3.8) is 0 Å². The van der Waals surface area contributed by atoms with E-state index in [0.717, 1.165) is 0 Å². The Kier molecular flexibility index (Phi) is 5.58. The molecule has 3 aromatic rings. The summed E-state index contributed by atoms with van der Waals surface area (Å²) in [4.78, 5) is 15.8. The van der Waals surface area contributed by atoms with Crippen molar-refractivity contribution in [1.29, 1.82) is 0 Å². The molecule has 0 radical (unpaired) electrons. The Morgan fingerprint density at radius 3 is 2.37 bits per heavy atom. The maximum absolute atomic E-state index is 12.4. The molecule has 0 aliphatic carbocycles. The lowest BCUT2D eigenvalue weighted by Gasteiger charge is -2.09. The molecule has 0 unspecified atom stereocenters. The van der Waals surface area contributed by atoms with Crippen molar-refractivity contribution in [3.8, 4) is 5.75 Å². The molecule has 3 rings (SSSR count). The van der Waals surface area contributed by atoms with Gasteiger partial charge in [-0.1, -0.05) is 30.3 Å². The van der Waals surface area contributed by atoms with Gasteiger partial charge in [-0.25, -0.2) is 5.43 Å². The van der Waals surface area contributed by atoms with E-state index in [0.29, 0.717) is 11.1 Å².